The number of H-pyrrole nitrogens is 1. The molecule has 0 saturated heterocycles. The molecule has 0 bridgehead atoms. The lowest BCUT2D eigenvalue weighted by molar-refractivity contribution is 0.812. The molecule has 6 heteroatoms. The van der Waals surface area contributed by atoms with Crippen molar-refractivity contribution in [2.75, 3.05) is 6.54 Å². The van der Waals surface area contributed by atoms with E-state index in [1.54, 1.807) is 17.5 Å². The van der Waals surface area contributed by atoms with Gasteiger partial charge in [-0.25, -0.2) is 0 Å². The van der Waals surface area contributed by atoms with Crippen LogP contribution in [0.3, 0.4) is 0 Å². The second-order valence-electron chi connectivity index (χ2n) is 2.88. The van der Waals surface area contributed by atoms with E-state index in [4.69, 9.17) is 5.73 Å². The first kappa shape index (κ1) is 9.29. The Hall–Kier alpha value is -1.27. The monoisotopic (exact) mass is 209 g/mol. The van der Waals surface area contributed by atoms with E-state index in [1.807, 2.05) is 6.20 Å². The third-order valence-corrected chi connectivity index (χ3v) is 2.84. The average molecular weight is 209 g/mol. The second-order valence-corrected chi connectivity index (χ2v) is 3.94. The highest BCUT2D eigenvalue weighted by molar-refractivity contribution is 7.14. The first-order valence-electron chi connectivity index (χ1n) is 4.42. The molecule has 5 nitrogen and oxygen atoms in total. The standard InChI is InChI=1S/C8H11N5S/c9-3-1-2-7-12-13-8(14-7)6-4-10-11-5-6/h4-5H,1-3,9H2,(H,10,11). The molecule has 0 saturated carbocycles. The van der Waals surface area contributed by atoms with Crippen molar-refractivity contribution in [1.29, 1.82) is 0 Å². The van der Waals surface area contributed by atoms with Crippen LogP contribution in [0, 0.1) is 0 Å². The first-order valence-corrected chi connectivity index (χ1v) is 5.23. The Kier molecular flexibility index (Phi) is 2.85. The lowest BCUT2D eigenvalue weighted by atomic mass is 10.3. The Morgan fingerprint density at radius 1 is 1.43 bits per heavy atom. The molecule has 0 aliphatic rings. The fourth-order valence-corrected chi connectivity index (χ4v) is 1.95. The first-order chi connectivity index (χ1) is 6.90. The van der Waals surface area contributed by atoms with Crippen molar-refractivity contribution in [2.45, 2.75) is 12.8 Å². The molecule has 3 N–H and O–H groups in total. The maximum Gasteiger partial charge on any atom is 0.150 e. The Bertz CT molecular complexity index is 380. The molecule has 0 spiro atoms. The summed E-state index contributed by atoms with van der Waals surface area (Å²) in [6.45, 7) is 0.695. The SMILES string of the molecule is NCCCc1nnc(-c2cn[nH]c2)s1. The van der Waals surface area contributed by atoms with Gasteiger partial charge >= 0.3 is 0 Å². The van der Waals surface area contributed by atoms with Gasteiger partial charge in [0.15, 0.2) is 5.01 Å². The minimum atomic E-state index is 0.695. The Morgan fingerprint density at radius 2 is 2.36 bits per heavy atom. The smallest absolute Gasteiger partial charge is 0.150 e. The van der Waals surface area contributed by atoms with Crippen LogP contribution in [0.4, 0.5) is 0 Å². The van der Waals surface area contributed by atoms with Crippen LogP contribution in [-0.4, -0.2) is 26.9 Å². The van der Waals surface area contributed by atoms with E-state index in [2.05, 4.69) is 20.4 Å². The summed E-state index contributed by atoms with van der Waals surface area (Å²) in [4.78, 5) is 0. The zero-order chi connectivity index (χ0) is 9.80. The Labute approximate surface area is 85.4 Å². The topological polar surface area (TPSA) is 80.5 Å². The summed E-state index contributed by atoms with van der Waals surface area (Å²) in [6, 6.07) is 0. The third kappa shape index (κ3) is 1.97. The molecule has 74 valence electrons. The molecular weight excluding hydrogens is 198 g/mol. The van der Waals surface area contributed by atoms with E-state index in [-0.39, 0.29) is 0 Å². The van der Waals surface area contributed by atoms with Crippen LogP contribution >= 0.6 is 11.3 Å². The largest absolute Gasteiger partial charge is 0.330 e. The number of aryl methyl sites for hydroxylation is 1. The van der Waals surface area contributed by atoms with Crippen molar-refractivity contribution in [1.82, 2.24) is 20.4 Å². The highest BCUT2D eigenvalue weighted by Crippen LogP contribution is 2.22. The van der Waals surface area contributed by atoms with Gasteiger partial charge in [-0.1, -0.05) is 11.3 Å². The molecule has 0 fully saturated rings. The van der Waals surface area contributed by atoms with Gasteiger partial charge in [-0.15, -0.1) is 10.2 Å². The van der Waals surface area contributed by atoms with E-state index >= 15 is 0 Å². The molecule has 0 atom stereocenters. The number of nitrogens with zero attached hydrogens (tertiary/aromatic N) is 3. The van der Waals surface area contributed by atoms with Crippen LogP contribution in [0.5, 0.6) is 0 Å². The van der Waals surface area contributed by atoms with Crippen molar-refractivity contribution < 1.29 is 0 Å². The second kappa shape index (κ2) is 4.30. The van der Waals surface area contributed by atoms with Crippen molar-refractivity contribution in [3.05, 3.63) is 17.4 Å². The summed E-state index contributed by atoms with van der Waals surface area (Å²) in [7, 11) is 0. The third-order valence-electron chi connectivity index (χ3n) is 1.81. The van der Waals surface area contributed by atoms with Crippen LogP contribution in [-0.2, 0) is 6.42 Å². The van der Waals surface area contributed by atoms with Crippen LogP contribution in [0.25, 0.3) is 10.6 Å². The highest BCUT2D eigenvalue weighted by atomic mass is 32.1. The number of rotatable bonds is 4. The van der Waals surface area contributed by atoms with Gasteiger partial charge in [-0.05, 0) is 13.0 Å². The quantitative estimate of drug-likeness (QED) is 0.781. The lowest BCUT2D eigenvalue weighted by Gasteiger charge is -1.89. The van der Waals surface area contributed by atoms with Gasteiger partial charge in [-0.3, -0.25) is 5.10 Å². The van der Waals surface area contributed by atoms with Crippen molar-refractivity contribution in [2.24, 2.45) is 5.73 Å². The fourth-order valence-electron chi connectivity index (χ4n) is 1.09. The average Bonchev–Trinajstić information content (AvgIpc) is 2.85. The number of nitrogens with two attached hydrogens (primary N) is 1. The Balaban J connectivity index is 2.10. The number of hydrogen-bond donors (Lipinski definition) is 2. The van der Waals surface area contributed by atoms with Gasteiger partial charge in [0, 0.05) is 12.6 Å². The zero-order valence-electron chi connectivity index (χ0n) is 7.60. The molecule has 0 aliphatic heterocycles. The van der Waals surface area contributed by atoms with E-state index in [9.17, 15) is 0 Å². The maximum absolute atomic E-state index is 5.42. The summed E-state index contributed by atoms with van der Waals surface area (Å²) in [6.07, 6.45) is 5.42. The van der Waals surface area contributed by atoms with Gasteiger partial charge in [0.2, 0.25) is 0 Å². The molecule has 2 heterocycles. The van der Waals surface area contributed by atoms with E-state index in [0.717, 1.165) is 28.4 Å². The molecule has 0 amide bonds. The van der Waals surface area contributed by atoms with Gasteiger partial charge in [0.05, 0.1) is 11.8 Å². The zero-order valence-corrected chi connectivity index (χ0v) is 8.42. The highest BCUT2D eigenvalue weighted by Gasteiger charge is 2.06. The predicted molar refractivity (Wildman–Crippen MR) is 54.9 cm³/mol. The molecule has 0 unspecified atom stereocenters. The van der Waals surface area contributed by atoms with E-state index < -0.39 is 0 Å². The van der Waals surface area contributed by atoms with Crippen LogP contribution < -0.4 is 5.73 Å². The molecule has 2 aromatic rings. The Morgan fingerprint density at radius 3 is 3.07 bits per heavy atom. The molecule has 0 aromatic carbocycles. The fraction of sp³-hybridized carbons (Fsp3) is 0.375. The van der Waals surface area contributed by atoms with Gasteiger partial charge in [0.25, 0.3) is 0 Å². The molecular formula is C8H11N5S. The lowest BCUT2D eigenvalue weighted by Crippen LogP contribution is -1.99. The normalized spacial score (nSPS) is 10.6. The maximum atomic E-state index is 5.42. The number of nitrogens with one attached hydrogen (secondary N) is 1. The van der Waals surface area contributed by atoms with E-state index in [0.29, 0.717) is 6.54 Å². The minimum Gasteiger partial charge on any atom is -0.330 e. The van der Waals surface area contributed by atoms with Gasteiger partial charge in [-0.2, -0.15) is 5.10 Å². The van der Waals surface area contributed by atoms with Crippen molar-refractivity contribution in [3.63, 3.8) is 0 Å². The summed E-state index contributed by atoms with van der Waals surface area (Å²) >= 11 is 1.59. The summed E-state index contributed by atoms with van der Waals surface area (Å²) in [5.74, 6) is 0. The number of hydrogen-bond acceptors (Lipinski definition) is 5. The predicted octanol–water partition coefficient (Wildman–Crippen LogP) is 0.820. The van der Waals surface area contributed by atoms with Gasteiger partial charge < -0.3 is 5.73 Å². The number of aromatic nitrogens is 4. The molecule has 0 radical (unpaired) electrons. The van der Waals surface area contributed by atoms with E-state index in [1.165, 1.54) is 0 Å². The number of aromatic amines is 1. The summed E-state index contributed by atoms with van der Waals surface area (Å²) < 4.78 is 0. The minimum absolute atomic E-state index is 0.695. The molecule has 2 rings (SSSR count). The van der Waals surface area contributed by atoms with Crippen molar-refractivity contribution >= 4 is 11.3 Å². The molecule has 14 heavy (non-hydrogen) atoms. The molecule has 2 aromatic heterocycles. The molecule has 0 aliphatic carbocycles. The van der Waals surface area contributed by atoms with Crippen LogP contribution in [0.15, 0.2) is 12.4 Å². The summed E-state index contributed by atoms with van der Waals surface area (Å²) in [5, 5.41) is 16.7. The van der Waals surface area contributed by atoms with Gasteiger partial charge in [0.1, 0.15) is 5.01 Å². The summed E-state index contributed by atoms with van der Waals surface area (Å²) in [5.41, 5.74) is 6.41. The van der Waals surface area contributed by atoms with Crippen molar-refractivity contribution in [3.8, 4) is 10.6 Å². The van der Waals surface area contributed by atoms with Crippen LogP contribution in [0.1, 0.15) is 11.4 Å². The van der Waals surface area contributed by atoms with Crippen LogP contribution in [0.2, 0.25) is 0 Å².